The minimum absolute atomic E-state index is 0.204. The predicted octanol–water partition coefficient (Wildman–Crippen LogP) is 2.75. The van der Waals surface area contributed by atoms with Gasteiger partial charge < -0.3 is 10.4 Å². The van der Waals surface area contributed by atoms with Crippen molar-refractivity contribution >= 4 is 22.6 Å². The van der Waals surface area contributed by atoms with Crippen LogP contribution in [0.1, 0.15) is 24.2 Å². The summed E-state index contributed by atoms with van der Waals surface area (Å²) in [6.07, 6.45) is 1.68. The Kier molecular flexibility index (Phi) is 2.95. The van der Waals surface area contributed by atoms with Gasteiger partial charge in [0.1, 0.15) is 5.82 Å². The smallest absolute Gasteiger partial charge is 0.336 e. The molecule has 1 aromatic carbocycles. The van der Waals surface area contributed by atoms with Gasteiger partial charge in [0.25, 0.3) is 0 Å². The lowest BCUT2D eigenvalue weighted by atomic mass is 10.1. The highest BCUT2D eigenvalue weighted by Crippen LogP contribution is 2.25. The van der Waals surface area contributed by atoms with Gasteiger partial charge in [0.2, 0.25) is 0 Å². The van der Waals surface area contributed by atoms with Crippen LogP contribution >= 0.6 is 0 Å². The molecule has 0 amide bonds. The van der Waals surface area contributed by atoms with Crippen molar-refractivity contribution in [1.82, 2.24) is 4.98 Å². The molecule has 0 saturated heterocycles. The zero-order valence-corrected chi connectivity index (χ0v) is 9.77. The Hall–Kier alpha value is -2.10. The molecule has 0 fully saturated rings. The fourth-order valence-corrected chi connectivity index (χ4v) is 1.79. The number of pyridine rings is 1. The second kappa shape index (κ2) is 4.41. The SMILES string of the molecule is CC(C)Nc1nccc2cccc(C(=O)O)c12. The molecule has 0 aliphatic carbocycles. The van der Waals surface area contributed by atoms with E-state index in [2.05, 4.69) is 10.3 Å². The van der Waals surface area contributed by atoms with E-state index in [0.29, 0.717) is 11.2 Å². The number of carboxylic acid groups (broad SMARTS) is 1. The fourth-order valence-electron chi connectivity index (χ4n) is 1.79. The number of nitrogens with one attached hydrogen (secondary N) is 1. The number of carboxylic acids is 1. The van der Waals surface area contributed by atoms with Gasteiger partial charge in [0, 0.05) is 17.6 Å². The van der Waals surface area contributed by atoms with E-state index in [9.17, 15) is 9.90 Å². The van der Waals surface area contributed by atoms with Crippen LogP contribution in [0.2, 0.25) is 0 Å². The highest BCUT2D eigenvalue weighted by atomic mass is 16.4. The van der Waals surface area contributed by atoms with E-state index in [1.807, 2.05) is 26.0 Å². The van der Waals surface area contributed by atoms with E-state index < -0.39 is 5.97 Å². The van der Waals surface area contributed by atoms with E-state index in [-0.39, 0.29) is 11.6 Å². The highest BCUT2D eigenvalue weighted by molar-refractivity contribution is 6.08. The van der Waals surface area contributed by atoms with Crippen LogP contribution in [-0.4, -0.2) is 22.1 Å². The van der Waals surface area contributed by atoms with Gasteiger partial charge in [0.15, 0.2) is 0 Å². The Morgan fingerprint density at radius 1 is 1.35 bits per heavy atom. The summed E-state index contributed by atoms with van der Waals surface area (Å²) in [6, 6.07) is 7.24. The summed E-state index contributed by atoms with van der Waals surface area (Å²) in [7, 11) is 0. The van der Waals surface area contributed by atoms with Crippen molar-refractivity contribution < 1.29 is 9.90 Å². The molecule has 2 rings (SSSR count). The maximum atomic E-state index is 11.2. The highest BCUT2D eigenvalue weighted by Gasteiger charge is 2.12. The molecule has 4 heteroatoms. The van der Waals surface area contributed by atoms with Gasteiger partial charge in [0.05, 0.1) is 5.56 Å². The van der Waals surface area contributed by atoms with E-state index in [4.69, 9.17) is 0 Å². The van der Waals surface area contributed by atoms with Gasteiger partial charge in [-0.25, -0.2) is 9.78 Å². The van der Waals surface area contributed by atoms with Crippen LogP contribution in [0.3, 0.4) is 0 Å². The van der Waals surface area contributed by atoms with Crippen molar-refractivity contribution in [3.63, 3.8) is 0 Å². The first kappa shape index (κ1) is 11.4. The first-order valence-corrected chi connectivity index (χ1v) is 5.47. The minimum Gasteiger partial charge on any atom is -0.478 e. The third kappa shape index (κ3) is 2.20. The normalized spacial score (nSPS) is 10.8. The number of hydrogen-bond acceptors (Lipinski definition) is 3. The van der Waals surface area contributed by atoms with Crippen molar-refractivity contribution in [1.29, 1.82) is 0 Å². The zero-order chi connectivity index (χ0) is 12.4. The third-order valence-corrected chi connectivity index (χ3v) is 2.45. The number of aromatic carboxylic acids is 1. The Balaban J connectivity index is 2.71. The average molecular weight is 230 g/mol. The van der Waals surface area contributed by atoms with Crippen molar-refractivity contribution in [2.24, 2.45) is 0 Å². The Morgan fingerprint density at radius 3 is 2.76 bits per heavy atom. The van der Waals surface area contributed by atoms with Crippen LogP contribution in [-0.2, 0) is 0 Å². The monoisotopic (exact) mass is 230 g/mol. The number of fused-ring (bicyclic) bond motifs is 1. The summed E-state index contributed by atoms with van der Waals surface area (Å²) in [4.78, 5) is 15.4. The average Bonchev–Trinajstić information content (AvgIpc) is 2.27. The summed E-state index contributed by atoms with van der Waals surface area (Å²) in [6.45, 7) is 3.98. The molecule has 0 aliphatic heterocycles. The van der Waals surface area contributed by atoms with Crippen molar-refractivity contribution in [3.8, 4) is 0 Å². The molecule has 0 bridgehead atoms. The molecule has 0 radical (unpaired) electrons. The number of hydrogen-bond donors (Lipinski definition) is 2. The molecule has 0 atom stereocenters. The number of benzene rings is 1. The lowest BCUT2D eigenvalue weighted by Crippen LogP contribution is -2.12. The number of nitrogens with zero attached hydrogens (tertiary/aromatic N) is 1. The van der Waals surface area contributed by atoms with Gasteiger partial charge in [-0.3, -0.25) is 0 Å². The molecule has 0 spiro atoms. The maximum absolute atomic E-state index is 11.2. The molecule has 0 unspecified atom stereocenters. The number of carbonyl (C=O) groups is 1. The first-order valence-electron chi connectivity index (χ1n) is 5.47. The standard InChI is InChI=1S/C13H14N2O2/c1-8(2)15-12-11-9(6-7-14-12)4-3-5-10(11)13(16)17/h3-8H,1-2H3,(H,14,15)(H,16,17). The van der Waals surface area contributed by atoms with Crippen molar-refractivity contribution in [2.75, 3.05) is 5.32 Å². The van der Waals surface area contributed by atoms with E-state index >= 15 is 0 Å². The molecular formula is C13H14N2O2. The van der Waals surface area contributed by atoms with Crippen LogP contribution in [0.15, 0.2) is 30.5 Å². The molecule has 1 aromatic heterocycles. The topological polar surface area (TPSA) is 62.2 Å². The quantitative estimate of drug-likeness (QED) is 0.851. The number of aromatic nitrogens is 1. The van der Waals surface area contributed by atoms with E-state index in [1.165, 1.54) is 0 Å². The van der Waals surface area contributed by atoms with Gasteiger partial charge >= 0.3 is 5.97 Å². The van der Waals surface area contributed by atoms with Gasteiger partial charge in [-0.05, 0) is 31.4 Å². The minimum atomic E-state index is -0.935. The summed E-state index contributed by atoms with van der Waals surface area (Å²) in [5.74, 6) is -0.314. The summed E-state index contributed by atoms with van der Waals surface area (Å²) >= 11 is 0. The van der Waals surface area contributed by atoms with E-state index in [0.717, 1.165) is 5.39 Å². The first-order chi connectivity index (χ1) is 8.09. The second-order valence-corrected chi connectivity index (χ2v) is 4.17. The molecule has 88 valence electrons. The third-order valence-electron chi connectivity index (χ3n) is 2.45. The van der Waals surface area contributed by atoms with E-state index in [1.54, 1.807) is 18.3 Å². The maximum Gasteiger partial charge on any atom is 0.336 e. The van der Waals surface area contributed by atoms with Crippen molar-refractivity contribution in [3.05, 3.63) is 36.0 Å². The largest absolute Gasteiger partial charge is 0.478 e. The van der Waals surface area contributed by atoms with Crippen molar-refractivity contribution in [2.45, 2.75) is 19.9 Å². The fraction of sp³-hybridized carbons (Fsp3) is 0.231. The van der Waals surface area contributed by atoms with Crippen LogP contribution in [0.5, 0.6) is 0 Å². The molecular weight excluding hydrogens is 216 g/mol. The number of rotatable bonds is 3. The summed E-state index contributed by atoms with van der Waals surface area (Å²) in [5, 5.41) is 13.9. The predicted molar refractivity (Wildman–Crippen MR) is 67.5 cm³/mol. The molecule has 17 heavy (non-hydrogen) atoms. The van der Waals surface area contributed by atoms with Gasteiger partial charge in [-0.1, -0.05) is 12.1 Å². The van der Waals surface area contributed by atoms with Crippen LogP contribution in [0.4, 0.5) is 5.82 Å². The molecule has 1 heterocycles. The molecule has 0 aliphatic rings. The van der Waals surface area contributed by atoms with Crippen LogP contribution in [0.25, 0.3) is 10.8 Å². The Morgan fingerprint density at radius 2 is 2.12 bits per heavy atom. The second-order valence-electron chi connectivity index (χ2n) is 4.17. The lowest BCUT2D eigenvalue weighted by molar-refractivity contribution is 0.0699. The van der Waals surface area contributed by atoms with Gasteiger partial charge in [-0.15, -0.1) is 0 Å². The molecule has 0 saturated carbocycles. The zero-order valence-electron chi connectivity index (χ0n) is 9.77. The Bertz CT molecular complexity index is 559. The summed E-state index contributed by atoms with van der Waals surface area (Å²) < 4.78 is 0. The summed E-state index contributed by atoms with van der Waals surface area (Å²) in [5.41, 5.74) is 0.277. The Labute approximate surface area is 99.3 Å². The van der Waals surface area contributed by atoms with Gasteiger partial charge in [-0.2, -0.15) is 0 Å². The van der Waals surface area contributed by atoms with Crippen LogP contribution in [0, 0.1) is 0 Å². The molecule has 2 aromatic rings. The van der Waals surface area contributed by atoms with Crippen LogP contribution < -0.4 is 5.32 Å². The molecule has 4 nitrogen and oxygen atoms in total. The molecule has 2 N–H and O–H groups in total. The number of anilines is 1. The lowest BCUT2D eigenvalue weighted by Gasteiger charge is -2.12.